The van der Waals surface area contributed by atoms with Gasteiger partial charge in [0.15, 0.2) is 0 Å². The lowest BCUT2D eigenvalue weighted by molar-refractivity contribution is 0.0589. The molecule has 1 saturated heterocycles. The minimum Gasteiger partial charge on any atom is -0.392 e. The van der Waals surface area contributed by atoms with Crippen molar-refractivity contribution in [3.8, 4) is 0 Å². The fourth-order valence-corrected chi connectivity index (χ4v) is 3.24. The molecule has 0 bridgehead atoms. The highest BCUT2D eigenvalue weighted by molar-refractivity contribution is 4.81. The van der Waals surface area contributed by atoms with E-state index in [0.717, 1.165) is 13.1 Å². The van der Waals surface area contributed by atoms with Gasteiger partial charge in [0.2, 0.25) is 0 Å². The Morgan fingerprint density at radius 2 is 1.82 bits per heavy atom. The zero-order valence-electron chi connectivity index (χ0n) is 11.2. The summed E-state index contributed by atoms with van der Waals surface area (Å²) in [6.07, 6.45) is 7.55. The standard InChI is InChI=1S/C14H28N2O/c1-2-16-9-7-12(8-10-16)14(17)11-15-13-5-3-4-6-13/h12-15,17H,2-11H2,1H3. The largest absolute Gasteiger partial charge is 0.392 e. The fourth-order valence-electron chi connectivity index (χ4n) is 3.24. The Morgan fingerprint density at radius 1 is 1.18 bits per heavy atom. The molecule has 0 amide bonds. The van der Waals surface area contributed by atoms with Gasteiger partial charge in [-0.3, -0.25) is 0 Å². The molecule has 1 saturated carbocycles. The van der Waals surface area contributed by atoms with Crippen LogP contribution in [0.4, 0.5) is 0 Å². The summed E-state index contributed by atoms with van der Waals surface area (Å²) in [6.45, 7) is 6.52. The molecule has 0 spiro atoms. The molecule has 1 unspecified atom stereocenters. The SMILES string of the molecule is CCN1CCC(C(O)CNC2CCCC2)CC1. The highest BCUT2D eigenvalue weighted by atomic mass is 16.3. The number of rotatable bonds is 5. The zero-order chi connectivity index (χ0) is 12.1. The second kappa shape index (κ2) is 6.72. The molecule has 3 heteroatoms. The van der Waals surface area contributed by atoms with Crippen molar-refractivity contribution >= 4 is 0 Å². The lowest BCUT2D eigenvalue weighted by atomic mass is 9.91. The van der Waals surface area contributed by atoms with Gasteiger partial charge in [0.25, 0.3) is 0 Å². The van der Waals surface area contributed by atoms with Gasteiger partial charge in [0.1, 0.15) is 0 Å². The van der Waals surface area contributed by atoms with Gasteiger partial charge < -0.3 is 15.3 Å². The van der Waals surface area contributed by atoms with E-state index >= 15 is 0 Å². The van der Waals surface area contributed by atoms with Crippen molar-refractivity contribution in [2.45, 2.75) is 57.6 Å². The van der Waals surface area contributed by atoms with Crippen molar-refractivity contribution in [3.63, 3.8) is 0 Å². The third kappa shape index (κ3) is 3.94. The highest BCUT2D eigenvalue weighted by Crippen LogP contribution is 2.21. The monoisotopic (exact) mass is 240 g/mol. The smallest absolute Gasteiger partial charge is 0.0693 e. The molecule has 3 nitrogen and oxygen atoms in total. The maximum absolute atomic E-state index is 10.2. The molecular formula is C14H28N2O. The molecule has 2 aliphatic rings. The van der Waals surface area contributed by atoms with Gasteiger partial charge in [-0.05, 0) is 51.2 Å². The number of hydrogen-bond acceptors (Lipinski definition) is 3. The van der Waals surface area contributed by atoms with Gasteiger partial charge >= 0.3 is 0 Å². The third-order valence-corrected chi connectivity index (χ3v) is 4.59. The summed E-state index contributed by atoms with van der Waals surface area (Å²) >= 11 is 0. The summed E-state index contributed by atoms with van der Waals surface area (Å²) in [5, 5.41) is 13.8. The van der Waals surface area contributed by atoms with Gasteiger partial charge in [-0.1, -0.05) is 19.8 Å². The van der Waals surface area contributed by atoms with Gasteiger partial charge in [0.05, 0.1) is 6.10 Å². The van der Waals surface area contributed by atoms with Crippen molar-refractivity contribution in [1.29, 1.82) is 0 Å². The van der Waals surface area contributed by atoms with Gasteiger partial charge in [-0.25, -0.2) is 0 Å². The number of piperidine rings is 1. The molecule has 0 aromatic heterocycles. The minimum atomic E-state index is -0.130. The van der Waals surface area contributed by atoms with E-state index in [1.807, 2.05) is 0 Å². The van der Waals surface area contributed by atoms with E-state index in [1.165, 1.54) is 51.6 Å². The summed E-state index contributed by atoms with van der Waals surface area (Å²) in [4.78, 5) is 2.48. The van der Waals surface area contributed by atoms with Crippen LogP contribution in [0.5, 0.6) is 0 Å². The van der Waals surface area contributed by atoms with E-state index in [1.54, 1.807) is 0 Å². The first-order valence-corrected chi connectivity index (χ1v) is 7.43. The predicted octanol–water partition coefficient (Wildman–Crippen LogP) is 1.61. The molecule has 2 fully saturated rings. The van der Waals surface area contributed by atoms with Crippen LogP contribution in [-0.4, -0.2) is 48.3 Å². The van der Waals surface area contributed by atoms with Crippen LogP contribution in [0.15, 0.2) is 0 Å². The fraction of sp³-hybridized carbons (Fsp3) is 1.00. The van der Waals surface area contributed by atoms with Crippen molar-refractivity contribution in [2.75, 3.05) is 26.2 Å². The summed E-state index contributed by atoms with van der Waals surface area (Å²) < 4.78 is 0. The summed E-state index contributed by atoms with van der Waals surface area (Å²) in [5.74, 6) is 0.520. The van der Waals surface area contributed by atoms with Crippen LogP contribution < -0.4 is 5.32 Å². The van der Waals surface area contributed by atoms with E-state index in [2.05, 4.69) is 17.1 Å². The van der Waals surface area contributed by atoms with Crippen molar-refractivity contribution in [2.24, 2.45) is 5.92 Å². The van der Waals surface area contributed by atoms with Crippen molar-refractivity contribution in [3.05, 3.63) is 0 Å². The van der Waals surface area contributed by atoms with Crippen LogP contribution in [0.3, 0.4) is 0 Å². The molecule has 1 aliphatic heterocycles. The summed E-state index contributed by atoms with van der Waals surface area (Å²) in [5.41, 5.74) is 0. The summed E-state index contributed by atoms with van der Waals surface area (Å²) in [6, 6.07) is 0.681. The molecule has 2 N–H and O–H groups in total. The number of aliphatic hydroxyl groups is 1. The predicted molar refractivity (Wildman–Crippen MR) is 71.1 cm³/mol. The van der Waals surface area contributed by atoms with Crippen LogP contribution in [0.25, 0.3) is 0 Å². The molecule has 1 heterocycles. The Balaban J connectivity index is 1.64. The number of likely N-dealkylation sites (tertiary alicyclic amines) is 1. The number of nitrogens with zero attached hydrogens (tertiary/aromatic N) is 1. The van der Waals surface area contributed by atoms with Crippen LogP contribution in [0, 0.1) is 5.92 Å². The van der Waals surface area contributed by atoms with E-state index in [4.69, 9.17) is 0 Å². The van der Waals surface area contributed by atoms with Crippen LogP contribution in [0.1, 0.15) is 45.4 Å². The molecular weight excluding hydrogens is 212 g/mol. The first kappa shape index (κ1) is 13.3. The molecule has 0 radical (unpaired) electrons. The minimum absolute atomic E-state index is 0.130. The van der Waals surface area contributed by atoms with Gasteiger partial charge in [-0.2, -0.15) is 0 Å². The third-order valence-electron chi connectivity index (χ3n) is 4.59. The lowest BCUT2D eigenvalue weighted by Gasteiger charge is -2.34. The molecule has 2 rings (SSSR count). The quantitative estimate of drug-likeness (QED) is 0.766. The van der Waals surface area contributed by atoms with Crippen molar-refractivity contribution < 1.29 is 5.11 Å². The Hall–Kier alpha value is -0.120. The first-order valence-electron chi connectivity index (χ1n) is 7.43. The molecule has 17 heavy (non-hydrogen) atoms. The molecule has 0 aromatic carbocycles. The number of nitrogens with one attached hydrogen (secondary N) is 1. The Bertz CT molecular complexity index is 208. The van der Waals surface area contributed by atoms with Gasteiger partial charge in [-0.15, -0.1) is 0 Å². The van der Waals surface area contributed by atoms with Crippen LogP contribution >= 0.6 is 0 Å². The second-order valence-electron chi connectivity index (χ2n) is 5.73. The lowest BCUT2D eigenvalue weighted by Crippen LogP contribution is -2.42. The molecule has 0 aromatic rings. The van der Waals surface area contributed by atoms with E-state index < -0.39 is 0 Å². The first-order chi connectivity index (χ1) is 8.29. The Kier molecular flexibility index (Phi) is 5.26. The maximum Gasteiger partial charge on any atom is 0.0693 e. The van der Waals surface area contributed by atoms with E-state index in [-0.39, 0.29) is 6.10 Å². The average molecular weight is 240 g/mol. The second-order valence-corrected chi connectivity index (χ2v) is 5.73. The summed E-state index contributed by atoms with van der Waals surface area (Å²) in [7, 11) is 0. The zero-order valence-corrected chi connectivity index (χ0v) is 11.2. The number of aliphatic hydroxyl groups excluding tert-OH is 1. The Labute approximate surface area is 106 Å². The maximum atomic E-state index is 10.2. The van der Waals surface area contributed by atoms with Crippen LogP contribution in [-0.2, 0) is 0 Å². The average Bonchev–Trinajstić information content (AvgIpc) is 2.89. The van der Waals surface area contributed by atoms with E-state index in [9.17, 15) is 5.11 Å². The normalized spacial score (nSPS) is 26.5. The van der Waals surface area contributed by atoms with Crippen LogP contribution in [0.2, 0.25) is 0 Å². The van der Waals surface area contributed by atoms with Gasteiger partial charge in [0, 0.05) is 12.6 Å². The highest BCUT2D eigenvalue weighted by Gasteiger charge is 2.25. The van der Waals surface area contributed by atoms with Crippen molar-refractivity contribution in [1.82, 2.24) is 10.2 Å². The topological polar surface area (TPSA) is 35.5 Å². The van der Waals surface area contributed by atoms with E-state index in [0.29, 0.717) is 12.0 Å². The number of hydrogen-bond donors (Lipinski definition) is 2. The Morgan fingerprint density at radius 3 is 2.41 bits per heavy atom. The molecule has 100 valence electrons. The molecule has 1 atom stereocenters. The molecule has 1 aliphatic carbocycles.